The number of pyridine rings is 1. The molecule has 2 N–H and O–H groups in total. The quantitative estimate of drug-likeness (QED) is 0.899. The van der Waals surface area contributed by atoms with Gasteiger partial charge in [-0.05, 0) is 44.7 Å². The topological polar surface area (TPSA) is 80.0 Å². The summed E-state index contributed by atoms with van der Waals surface area (Å²) in [5, 5.41) is 11.4. The van der Waals surface area contributed by atoms with Gasteiger partial charge in [-0.15, -0.1) is 0 Å². The molecule has 4 rings (SSSR count). The smallest absolute Gasteiger partial charge is 0.259 e. The minimum Gasteiger partial charge on any atom is -0.352 e. The van der Waals surface area contributed by atoms with Crippen LogP contribution >= 0.6 is 0 Å². The predicted molar refractivity (Wildman–Crippen MR) is 81.8 cm³/mol. The number of carbonyl (C=O) groups excluding carboxylic acids is 1. The third-order valence-electron chi connectivity index (χ3n) is 4.54. The largest absolute Gasteiger partial charge is 0.352 e. The number of aromatic nitrogens is 2. The van der Waals surface area contributed by atoms with Crippen LogP contribution in [0, 0.1) is 12.8 Å². The molecule has 1 aliphatic heterocycles. The van der Waals surface area contributed by atoms with E-state index in [4.69, 9.17) is 4.52 Å². The molecule has 1 saturated carbocycles. The Labute approximate surface area is 128 Å². The average Bonchev–Trinajstić information content (AvgIpc) is 2.99. The first-order valence-corrected chi connectivity index (χ1v) is 7.98. The maximum atomic E-state index is 12.6. The van der Waals surface area contributed by atoms with E-state index in [0.717, 1.165) is 42.8 Å². The lowest BCUT2D eigenvalue weighted by molar-refractivity contribution is 0.0953. The van der Waals surface area contributed by atoms with Crippen LogP contribution in [-0.4, -0.2) is 35.7 Å². The predicted octanol–water partition coefficient (Wildman–Crippen LogP) is 1.75. The maximum Gasteiger partial charge on any atom is 0.259 e. The number of nitrogens with one attached hydrogen (secondary N) is 2. The Balaban J connectivity index is 1.73. The molecular formula is C16H20N4O2. The Morgan fingerprint density at radius 2 is 2.32 bits per heavy atom. The minimum atomic E-state index is -0.0437. The molecule has 1 atom stereocenters. The zero-order valence-corrected chi connectivity index (χ0v) is 12.7. The Morgan fingerprint density at radius 3 is 3.05 bits per heavy atom. The number of nitrogens with zero attached hydrogens (tertiary/aromatic N) is 2. The standard InChI is InChI=1S/C16H20N4O2/c1-9-6-12(15(21)18-7-10-2-3-10)13-14(11-4-5-17-8-11)20-22-16(13)19-9/h6,10-11,17H,2-5,7-8H2,1H3,(H,18,21). The van der Waals surface area contributed by atoms with Gasteiger partial charge in [-0.1, -0.05) is 5.16 Å². The van der Waals surface area contributed by atoms with E-state index in [1.54, 1.807) is 0 Å². The molecule has 116 valence electrons. The summed E-state index contributed by atoms with van der Waals surface area (Å²) in [5.74, 6) is 0.905. The number of hydrogen-bond acceptors (Lipinski definition) is 5. The van der Waals surface area contributed by atoms with E-state index in [0.29, 0.717) is 23.1 Å². The molecule has 0 aromatic carbocycles. The van der Waals surface area contributed by atoms with Crippen LogP contribution in [0.4, 0.5) is 0 Å². The molecule has 2 aromatic rings. The third kappa shape index (κ3) is 2.47. The summed E-state index contributed by atoms with van der Waals surface area (Å²) in [5.41, 5.74) is 2.75. The second-order valence-electron chi connectivity index (χ2n) is 6.40. The highest BCUT2D eigenvalue weighted by molar-refractivity contribution is 6.06. The van der Waals surface area contributed by atoms with Gasteiger partial charge in [0.2, 0.25) is 0 Å². The zero-order chi connectivity index (χ0) is 15.1. The van der Waals surface area contributed by atoms with Crippen molar-refractivity contribution in [1.82, 2.24) is 20.8 Å². The minimum absolute atomic E-state index is 0.0437. The summed E-state index contributed by atoms with van der Waals surface area (Å²) >= 11 is 0. The number of rotatable bonds is 4. The van der Waals surface area contributed by atoms with Gasteiger partial charge >= 0.3 is 0 Å². The first-order chi connectivity index (χ1) is 10.7. The van der Waals surface area contributed by atoms with Gasteiger partial charge in [-0.25, -0.2) is 4.98 Å². The van der Waals surface area contributed by atoms with Crippen molar-refractivity contribution < 1.29 is 9.32 Å². The summed E-state index contributed by atoms with van der Waals surface area (Å²) in [4.78, 5) is 17.0. The molecule has 22 heavy (non-hydrogen) atoms. The summed E-state index contributed by atoms with van der Waals surface area (Å²) in [6.45, 7) is 4.48. The van der Waals surface area contributed by atoms with Crippen LogP contribution in [0.3, 0.4) is 0 Å². The Morgan fingerprint density at radius 1 is 1.45 bits per heavy atom. The van der Waals surface area contributed by atoms with Crippen molar-refractivity contribution in [2.75, 3.05) is 19.6 Å². The fourth-order valence-corrected chi connectivity index (χ4v) is 3.10. The van der Waals surface area contributed by atoms with E-state index >= 15 is 0 Å². The van der Waals surface area contributed by atoms with Crippen molar-refractivity contribution in [2.45, 2.75) is 32.1 Å². The second-order valence-corrected chi connectivity index (χ2v) is 6.40. The summed E-state index contributed by atoms with van der Waals surface area (Å²) in [7, 11) is 0. The average molecular weight is 300 g/mol. The molecule has 2 aliphatic rings. The summed E-state index contributed by atoms with van der Waals surface area (Å²) in [6.07, 6.45) is 3.45. The van der Waals surface area contributed by atoms with Gasteiger partial charge in [0.05, 0.1) is 16.6 Å². The van der Waals surface area contributed by atoms with Crippen molar-refractivity contribution in [1.29, 1.82) is 0 Å². The highest BCUT2D eigenvalue weighted by atomic mass is 16.5. The van der Waals surface area contributed by atoms with Crippen molar-refractivity contribution in [3.05, 3.63) is 23.0 Å². The van der Waals surface area contributed by atoms with Gasteiger partial charge in [0.15, 0.2) is 0 Å². The van der Waals surface area contributed by atoms with Crippen LogP contribution in [-0.2, 0) is 0 Å². The molecule has 0 spiro atoms. The monoisotopic (exact) mass is 300 g/mol. The van der Waals surface area contributed by atoms with Crippen molar-refractivity contribution in [3.8, 4) is 0 Å². The lowest BCUT2D eigenvalue weighted by Gasteiger charge is -2.09. The van der Waals surface area contributed by atoms with E-state index in [1.165, 1.54) is 12.8 Å². The normalized spacial score (nSPS) is 21.4. The Kier molecular flexibility index (Phi) is 3.33. The van der Waals surface area contributed by atoms with Gasteiger partial charge in [0.25, 0.3) is 11.6 Å². The molecule has 6 heteroatoms. The molecule has 0 bridgehead atoms. The first-order valence-electron chi connectivity index (χ1n) is 7.98. The van der Waals surface area contributed by atoms with E-state index in [-0.39, 0.29) is 5.91 Å². The lowest BCUT2D eigenvalue weighted by atomic mass is 9.99. The number of amides is 1. The first kappa shape index (κ1) is 13.7. The molecule has 1 amide bonds. The highest BCUT2D eigenvalue weighted by Crippen LogP contribution is 2.31. The van der Waals surface area contributed by atoms with Gasteiger partial charge in [-0.2, -0.15) is 0 Å². The number of carbonyl (C=O) groups is 1. The summed E-state index contributed by atoms with van der Waals surface area (Å²) < 4.78 is 5.40. The highest BCUT2D eigenvalue weighted by Gasteiger charge is 2.28. The van der Waals surface area contributed by atoms with Gasteiger partial charge in [-0.3, -0.25) is 4.79 Å². The molecular weight excluding hydrogens is 280 g/mol. The SMILES string of the molecule is Cc1cc(C(=O)NCC2CC2)c2c(C3CCNC3)noc2n1. The van der Waals surface area contributed by atoms with Crippen LogP contribution in [0.2, 0.25) is 0 Å². The van der Waals surface area contributed by atoms with Gasteiger partial charge in [0, 0.05) is 24.7 Å². The fraction of sp³-hybridized carbons (Fsp3) is 0.562. The molecule has 2 aromatic heterocycles. The van der Waals surface area contributed by atoms with E-state index in [9.17, 15) is 4.79 Å². The van der Waals surface area contributed by atoms with Crippen LogP contribution in [0.1, 0.15) is 46.9 Å². The third-order valence-corrected chi connectivity index (χ3v) is 4.54. The van der Waals surface area contributed by atoms with E-state index in [2.05, 4.69) is 20.8 Å². The van der Waals surface area contributed by atoms with Crippen molar-refractivity contribution >= 4 is 17.0 Å². The zero-order valence-electron chi connectivity index (χ0n) is 12.7. The van der Waals surface area contributed by atoms with Crippen molar-refractivity contribution in [3.63, 3.8) is 0 Å². The van der Waals surface area contributed by atoms with E-state index < -0.39 is 0 Å². The molecule has 1 unspecified atom stereocenters. The van der Waals surface area contributed by atoms with Crippen molar-refractivity contribution in [2.24, 2.45) is 5.92 Å². The van der Waals surface area contributed by atoms with Crippen LogP contribution in [0.15, 0.2) is 10.6 Å². The van der Waals surface area contributed by atoms with E-state index in [1.807, 2.05) is 13.0 Å². The van der Waals surface area contributed by atoms with Crippen LogP contribution < -0.4 is 10.6 Å². The lowest BCUT2D eigenvalue weighted by Crippen LogP contribution is -2.26. The number of aryl methyl sites for hydroxylation is 1. The van der Waals surface area contributed by atoms with Gasteiger partial charge in [0.1, 0.15) is 0 Å². The second kappa shape index (κ2) is 5.35. The van der Waals surface area contributed by atoms with Crippen LogP contribution in [0.5, 0.6) is 0 Å². The molecule has 1 aliphatic carbocycles. The fourth-order valence-electron chi connectivity index (χ4n) is 3.10. The molecule has 6 nitrogen and oxygen atoms in total. The Bertz CT molecular complexity index is 714. The van der Waals surface area contributed by atoms with Crippen LogP contribution in [0.25, 0.3) is 11.1 Å². The molecule has 3 heterocycles. The molecule has 0 radical (unpaired) electrons. The number of fused-ring (bicyclic) bond motifs is 1. The maximum absolute atomic E-state index is 12.6. The summed E-state index contributed by atoms with van der Waals surface area (Å²) in [6, 6.07) is 1.84. The molecule has 1 saturated heterocycles. The van der Waals surface area contributed by atoms with Gasteiger partial charge < -0.3 is 15.2 Å². The number of hydrogen-bond donors (Lipinski definition) is 2. The Hall–Kier alpha value is -1.95. The molecule has 2 fully saturated rings.